The van der Waals surface area contributed by atoms with Crippen molar-refractivity contribution in [2.24, 2.45) is 5.92 Å². The van der Waals surface area contributed by atoms with Crippen molar-refractivity contribution in [2.75, 3.05) is 19.4 Å². The molecule has 1 amide bonds. The Morgan fingerprint density at radius 2 is 2.09 bits per heavy atom. The maximum atomic E-state index is 12.2. The van der Waals surface area contributed by atoms with E-state index in [-0.39, 0.29) is 11.9 Å². The molecule has 6 heteroatoms. The maximum Gasteiger partial charge on any atom is 0.255 e. The van der Waals surface area contributed by atoms with Gasteiger partial charge in [0.1, 0.15) is 5.75 Å². The quantitative estimate of drug-likeness (QED) is 0.884. The smallest absolute Gasteiger partial charge is 0.255 e. The molecule has 1 aromatic heterocycles. The monoisotopic (exact) mass is 314 g/mol. The lowest BCUT2D eigenvalue weighted by Crippen LogP contribution is -2.21. The van der Waals surface area contributed by atoms with Gasteiger partial charge in [0.05, 0.1) is 23.6 Å². The fourth-order valence-corrected chi connectivity index (χ4v) is 2.20. The number of anilines is 1. The van der Waals surface area contributed by atoms with Crippen molar-refractivity contribution in [2.45, 2.75) is 20.8 Å². The van der Waals surface area contributed by atoms with E-state index in [0.29, 0.717) is 29.5 Å². The van der Waals surface area contributed by atoms with Gasteiger partial charge < -0.3 is 15.8 Å². The number of nitrogen functional groups attached to an aromatic ring is 1. The molecule has 1 heterocycles. The summed E-state index contributed by atoms with van der Waals surface area (Å²) in [5.41, 5.74) is 7.99. The maximum absolute atomic E-state index is 12.2. The first kappa shape index (κ1) is 16.7. The number of benzene rings is 1. The molecule has 0 bridgehead atoms. The molecule has 23 heavy (non-hydrogen) atoms. The number of hydrogen-bond acceptors (Lipinski definition) is 5. The van der Waals surface area contributed by atoms with E-state index in [4.69, 9.17) is 10.5 Å². The van der Waals surface area contributed by atoms with Crippen molar-refractivity contribution in [3.05, 3.63) is 35.5 Å². The zero-order valence-corrected chi connectivity index (χ0v) is 13.9. The molecule has 0 aliphatic rings. The van der Waals surface area contributed by atoms with Gasteiger partial charge in [-0.05, 0) is 25.0 Å². The summed E-state index contributed by atoms with van der Waals surface area (Å²) in [4.78, 5) is 20.5. The van der Waals surface area contributed by atoms with E-state index in [0.717, 1.165) is 11.3 Å². The molecular formula is C17H22N4O2. The molecule has 0 spiro atoms. The van der Waals surface area contributed by atoms with E-state index in [9.17, 15) is 4.79 Å². The highest BCUT2D eigenvalue weighted by atomic mass is 16.5. The van der Waals surface area contributed by atoms with Crippen LogP contribution in [0.15, 0.2) is 24.3 Å². The summed E-state index contributed by atoms with van der Waals surface area (Å²) in [5, 5.41) is 2.62. The van der Waals surface area contributed by atoms with Crippen LogP contribution in [0.3, 0.4) is 0 Å². The SMILES string of the molecule is CNC(=O)c1c(C)nc(N)nc1-c1cccc(OCC(C)C)c1. The van der Waals surface area contributed by atoms with Gasteiger partial charge in [0.25, 0.3) is 5.91 Å². The molecule has 0 unspecified atom stereocenters. The number of amides is 1. The second-order valence-electron chi connectivity index (χ2n) is 5.70. The minimum Gasteiger partial charge on any atom is -0.493 e. The van der Waals surface area contributed by atoms with Crippen LogP contribution >= 0.6 is 0 Å². The van der Waals surface area contributed by atoms with Crippen LogP contribution in [0.25, 0.3) is 11.3 Å². The number of carbonyl (C=O) groups is 1. The summed E-state index contributed by atoms with van der Waals surface area (Å²) in [7, 11) is 1.57. The topological polar surface area (TPSA) is 90.1 Å². The van der Waals surface area contributed by atoms with Crippen molar-refractivity contribution in [1.82, 2.24) is 15.3 Å². The van der Waals surface area contributed by atoms with Crippen LogP contribution in [0.1, 0.15) is 29.9 Å². The van der Waals surface area contributed by atoms with Crippen LogP contribution < -0.4 is 15.8 Å². The van der Waals surface area contributed by atoms with Crippen molar-refractivity contribution >= 4 is 11.9 Å². The zero-order valence-electron chi connectivity index (χ0n) is 13.9. The molecule has 0 saturated heterocycles. The largest absolute Gasteiger partial charge is 0.493 e. The van der Waals surface area contributed by atoms with Gasteiger partial charge in [0.2, 0.25) is 5.95 Å². The summed E-state index contributed by atoms with van der Waals surface area (Å²) < 4.78 is 5.74. The number of carbonyl (C=O) groups excluding carboxylic acids is 1. The summed E-state index contributed by atoms with van der Waals surface area (Å²) in [6, 6.07) is 7.47. The van der Waals surface area contributed by atoms with Gasteiger partial charge >= 0.3 is 0 Å². The Kier molecular flexibility index (Phi) is 5.16. The second kappa shape index (κ2) is 7.09. The Morgan fingerprint density at radius 3 is 2.74 bits per heavy atom. The Labute approximate surface area is 136 Å². The number of aryl methyl sites for hydroxylation is 1. The number of nitrogens with zero attached hydrogens (tertiary/aromatic N) is 2. The molecule has 0 atom stereocenters. The first-order valence-corrected chi connectivity index (χ1v) is 7.51. The number of aromatic nitrogens is 2. The summed E-state index contributed by atoms with van der Waals surface area (Å²) in [6.07, 6.45) is 0. The molecule has 0 fully saturated rings. The molecular weight excluding hydrogens is 292 g/mol. The van der Waals surface area contributed by atoms with Crippen LogP contribution in [0.2, 0.25) is 0 Å². The van der Waals surface area contributed by atoms with E-state index >= 15 is 0 Å². The zero-order chi connectivity index (χ0) is 17.0. The van der Waals surface area contributed by atoms with Gasteiger partial charge in [-0.15, -0.1) is 0 Å². The van der Waals surface area contributed by atoms with Gasteiger partial charge in [0.15, 0.2) is 0 Å². The van der Waals surface area contributed by atoms with Gasteiger partial charge in [-0.1, -0.05) is 26.0 Å². The molecule has 6 nitrogen and oxygen atoms in total. The lowest BCUT2D eigenvalue weighted by molar-refractivity contribution is 0.0962. The normalized spacial score (nSPS) is 10.7. The minimum atomic E-state index is -0.244. The lowest BCUT2D eigenvalue weighted by Gasteiger charge is -2.13. The Hall–Kier alpha value is -2.63. The van der Waals surface area contributed by atoms with Gasteiger partial charge in [0, 0.05) is 12.6 Å². The molecule has 2 rings (SSSR count). The highest BCUT2D eigenvalue weighted by Crippen LogP contribution is 2.27. The van der Waals surface area contributed by atoms with Crippen LogP contribution in [0.4, 0.5) is 5.95 Å². The third-order valence-corrected chi connectivity index (χ3v) is 3.25. The van der Waals surface area contributed by atoms with Gasteiger partial charge in [-0.25, -0.2) is 9.97 Å². The van der Waals surface area contributed by atoms with Crippen LogP contribution in [0.5, 0.6) is 5.75 Å². The van der Waals surface area contributed by atoms with Crippen LogP contribution in [-0.2, 0) is 0 Å². The second-order valence-corrected chi connectivity index (χ2v) is 5.70. The van der Waals surface area contributed by atoms with E-state index < -0.39 is 0 Å². The fourth-order valence-electron chi connectivity index (χ4n) is 2.20. The molecule has 3 N–H and O–H groups in total. The van der Waals surface area contributed by atoms with Gasteiger partial charge in [-0.3, -0.25) is 4.79 Å². The highest BCUT2D eigenvalue weighted by molar-refractivity contribution is 6.01. The first-order chi connectivity index (χ1) is 10.9. The standard InChI is InChI=1S/C17H22N4O2/c1-10(2)9-23-13-7-5-6-12(8-13)15-14(16(22)19-4)11(3)20-17(18)21-15/h5-8,10H,9H2,1-4H3,(H,19,22)(H2,18,20,21). The van der Waals surface area contributed by atoms with E-state index in [1.807, 2.05) is 24.3 Å². The Morgan fingerprint density at radius 1 is 1.35 bits per heavy atom. The number of nitrogens with two attached hydrogens (primary N) is 1. The van der Waals surface area contributed by atoms with Crippen molar-refractivity contribution in [1.29, 1.82) is 0 Å². The van der Waals surface area contributed by atoms with Gasteiger partial charge in [-0.2, -0.15) is 0 Å². The Balaban J connectivity index is 2.49. The molecule has 0 radical (unpaired) electrons. The van der Waals surface area contributed by atoms with Crippen LogP contribution in [-0.4, -0.2) is 29.5 Å². The first-order valence-electron chi connectivity index (χ1n) is 7.51. The molecule has 122 valence electrons. The average molecular weight is 314 g/mol. The minimum absolute atomic E-state index is 0.138. The number of hydrogen-bond donors (Lipinski definition) is 2. The molecule has 0 saturated carbocycles. The van der Waals surface area contributed by atoms with Crippen LogP contribution in [0, 0.1) is 12.8 Å². The number of nitrogens with one attached hydrogen (secondary N) is 1. The number of ether oxygens (including phenoxy) is 1. The Bertz CT molecular complexity index is 714. The third-order valence-electron chi connectivity index (χ3n) is 3.25. The van der Waals surface area contributed by atoms with Crippen molar-refractivity contribution in [3.8, 4) is 17.0 Å². The predicted molar refractivity (Wildman–Crippen MR) is 90.3 cm³/mol. The molecule has 0 aliphatic heterocycles. The number of rotatable bonds is 5. The van der Waals surface area contributed by atoms with E-state index in [1.165, 1.54) is 0 Å². The molecule has 0 aliphatic carbocycles. The lowest BCUT2D eigenvalue weighted by atomic mass is 10.0. The summed E-state index contributed by atoms with van der Waals surface area (Å²) in [6.45, 7) is 6.53. The predicted octanol–water partition coefficient (Wildman–Crippen LogP) is 2.43. The van der Waals surface area contributed by atoms with E-state index in [2.05, 4.69) is 29.1 Å². The van der Waals surface area contributed by atoms with E-state index in [1.54, 1.807) is 14.0 Å². The molecule has 1 aromatic carbocycles. The highest BCUT2D eigenvalue weighted by Gasteiger charge is 2.18. The van der Waals surface area contributed by atoms with Crippen molar-refractivity contribution < 1.29 is 9.53 Å². The summed E-state index contributed by atoms with van der Waals surface area (Å²) in [5.74, 6) is 1.05. The van der Waals surface area contributed by atoms with Crippen molar-refractivity contribution in [3.63, 3.8) is 0 Å². The fraction of sp³-hybridized carbons (Fsp3) is 0.353. The summed E-state index contributed by atoms with van der Waals surface area (Å²) >= 11 is 0. The molecule has 2 aromatic rings. The third kappa shape index (κ3) is 3.97. The average Bonchev–Trinajstić information content (AvgIpc) is 2.51.